The number of alkyl halides is 4. The molecule has 2 saturated heterocycles. The quantitative estimate of drug-likeness (QED) is 0.478. The molecule has 0 N–H and O–H groups in total. The topological polar surface area (TPSA) is 40.6 Å². The van der Waals surface area contributed by atoms with Crippen LogP contribution in [0.5, 0.6) is 0 Å². The number of benzene rings is 2. The highest BCUT2D eigenvalue weighted by molar-refractivity contribution is 5.79. The van der Waals surface area contributed by atoms with E-state index in [-0.39, 0.29) is 29.6 Å². The molecule has 2 aliphatic heterocycles. The van der Waals surface area contributed by atoms with Crippen LogP contribution < -0.4 is 0 Å². The van der Waals surface area contributed by atoms with Crippen molar-refractivity contribution in [3.05, 3.63) is 70.5 Å². The fourth-order valence-corrected chi connectivity index (χ4v) is 6.61. The lowest BCUT2D eigenvalue weighted by Crippen LogP contribution is -2.53. The smallest absolute Gasteiger partial charge is 0.342 e. The largest absolute Gasteiger partial charge is 0.426 e. The van der Waals surface area contributed by atoms with E-state index in [0.717, 1.165) is 11.1 Å². The molecule has 0 bridgehead atoms. The maximum absolute atomic E-state index is 14.8. The summed E-state index contributed by atoms with van der Waals surface area (Å²) in [5.41, 5.74) is -2.11. The first-order chi connectivity index (χ1) is 17.8. The molecular formula is C29H31F5N2O2. The molecule has 0 radical (unpaired) electrons. The van der Waals surface area contributed by atoms with Crippen molar-refractivity contribution in [2.45, 2.75) is 69.3 Å². The van der Waals surface area contributed by atoms with E-state index < -0.39 is 22.8 Å². The molecule has 1 unspecified atom stereocenters. The molecule has 2 amide bonds. The third-order valence-corrected chi connectivity index (χ3v) is 8.84. The molecule has 5 rings (SSSR count). The Morgan fingerprint density at radius 3 is 2.37 bits per heavy atom. The number of likely N-dealkylation sites (tertiary alicyclic amines) is 2. The van der Waals surface area contributed by atoms with Gasteiger partial charge in [-0.15, -0.1) is 0 Å². The summed E-state index contributed by atoms with van der Waals surface area (Å²) in [7, 11) is 0. The summed E-state index contributed by atoms with van der Waals surface area (Å²) in [5, 5.41) is 0. The first-order valence-corrected chi connectivity index (χ1v) is 13.0. The number of fused-ring (bicyclic) bond motifs is 3. The minimum Gasteiger partial charge on any atom is -0.342 e. The molecule has 2 aromatic rings. The number of hydrogen-bond acceptors (Lipinski definition) is 2. The highest BCUT2D eigenvalue weighted by Gasteiger charge is 2.55. The lowest BCUT2D eigenvalue weighted by atomic mass is 9.63. The van der Waals surface area contributed by atoms with Gasteiger partial charge in [0.1, 0.15) is 5.82 Å². The molecule has 3 atom stereocenters. The highest BCUT2D eigenvalue weighted by Crippen LogP contribution is 2.51. The summed E-state index contributed by atoms with van der Waals surface area (Å²) in [5.74, 6) is -0.250. The average molecular weight is 535 g/mol. The number of aryl methyl sites for hydroxylation is 1. The Kier molecular flexibility index (Phi) is 6.55. The van der Waals surface area contributed by atoms with Crippen molar-refractivity contribution in [1.82, 2.24) is 9.80 Å². The lowest BCUT2D eigenvalue weighted by Gasteiger charge is -2.45. The zero-order valence-corrected chi connectivity index (χ0v) is 21.5. The van der Waals surface area contributed by atoms with Crippen LogP contribution in [-0.4, -0.2) is 53.5 Å². The SMILES string of the molecule is CC(=O)N1CC(CC(=O)N2CC[C@@]3(Cc4ccc(F)cc4)c4ccc(C(C)(F)C(F)(F)F)cc4CC[C@@H]23)C1. The van der Waals surface area contributed by atoms with Crippen LogP contribution in [0.1, 0.15) is 55.4 Å². The van der Waals surface area contributed by atoms with Gasteiger partial charge in [-0.05, 0) is 67.0 Å². The second kappa shape index (κ2) is 9.35. The molecule has 4 nitrogen and oxygen atoms in total. The number of nitrogens with zero attached hydrogens (tertiary/aromatic N) is 2. The number of carbonyl (C=O) groups excluding carboxylic acids is 2. The third-order valence-electron chi connectivity index (χ3n) is 8.84. The molecule has 2 aromatic carbocycles. The van der Waals surface area contributed by atoms with Gasteiger partial charge in [0.2, 0.25) is 17.5 Å². The van der Waals surface area contributed by atoms with E-state index in [0.29, 0.717) is 64.2 Å². The predicted molar refractivity (Wildman–Crippen MR) is 132 cm³/mol. The van der Waals surface area contributed by atoms with Crippen LogP contribution in [0.15, 0.2) is 42.5 Å². The van der Waals surface area contributed by atoms with E-state index in [1.807, 2.05) is 4.90 Å². The van der Waals surface area contributed by atoms with Gasteiger partial charge in [-0.25, -0.2) is 8.78 Å². The molecule has 2 fully saturated rings. The van der Waals surface area contributed by atoms with Gasteiger partial charge in [-0.3, -0.25) is 9.59 Å². The van der Waals surface area contributed by atoms with Crippen molar-refractivity contribution >= 4 is 11.8 Å². The van der Waals surface area contributed by atoms with Crippen molar-refractivity contribution in [2.24, 2.45) is 5.92 Å². The van der Waals surface area contributed by atoms with Crippen molar-refractivity contribution in [2.75, 3.05) is 19.6 Å². The summed E-state index contributed by atoms with van der Waals surface area (Å²) in [6.45, 7) is 3.67. The highest BCUT2D eigenvalue weighted by atomic mass is 19.4. The monoisotopic (exact) mass is 534 g/mol. The molecule has 0 spiro atoms. The van der Waals surface area contributed by atoms with Gasteiger partial charge in [0.15, 0.2) is 0 Å². The maximum Gasteiger partial charge on any atom is 0.426 e. The second-order valence-electron chi connectivity index (χ2n) is 11.2. The van der Waals surface area contributed by atoms with Crippen LogP contribution in [0, 0.1) is 11.7 Å². The summed E-state index contributed by atoms with van der Waals surface area (Å²) < 4.78 is 68.8. The molecule has 0 aromatic heterocycles. The Labute approximate surface area is 218 Å². The van der Waals surface area contributed by atoms with Crippen LogP contribution in [0.25, 0.3) is 0 Å². The van der Waals surface area contributed by atoms with E-state index in [9.17, 15) is 31.5 Å². The number of amides is 2. The van der Waals surface area contributed by atoms with Gasteiger partial charge in [0, 0.05) is 50.4 Å². The Bertz CT molecular complexity index is 1240. The van der Waals surface area contributed by atoms with Crippen LogP contribution >= 0.6 is 0 Å². The van der Waals surface area contributed by atoms with E-state index >= 15 is 0 Å². The summed E-state index contributed by atoms with van der Waals surface area (Å²) in [6, 6.07) is 10.1. The van der Waals surface area contributed by atoms with Crippen LogP contribution in [0.3, 0.4) is 0 Å². The van der Waals surface area contributed by atoms with Gasteiger partial charge in [0.25, 0.3) is 0 Å². The van der Waals surface area contributed by atoms with Crippen LogP contribution in [-0.2, 0) is 33.5 Å². The number of halogens is 5. The molecule has 1 aliphatic carbocycles. The fraction of sp³-hybridized carbons (Fsp3) is 0.517. The van der Waals surface area contributed by atoms with Crippen molar-refractivity contribution in [3.63, 3.8) is 0 Å². The number of rotatable bonds is 5. The Hall–Kier alpha value is -2.97. The Morgan fingerprint density at radius 1 is 1.05 bits per heavy atom. The first-order valence-electron chi connectivity index (χ1n) is 13.0. The summed E-state index contributed by atoms with van der Waals surface area (Å²) in [4.78, 5) is 28.5. The zero-order valence-electron chi connectivity index (χ0n) is 21.5. The van der Waals surface area contributed by atoms with Crippen LogP contribution in [0.4, 0.5) is 22.0 Å². The predicted octanol–water partition coefficient (Wildman–Crippen LogP) is 5.47. The Balaban J connectivity index is 1.47. The normalized spacial score (nSPS) is 24.9. The molecule has 3 aliphatic rings. The molecule has 204 valence electrons. The fourth-order valence-electron chi connectivity index (χ4n) is 6.61. The zero-order chi connectivity index (χ0) is 27.5. The second-order valence-corrected chi connectivity index (χ2v) is 11.2. The standard InChI is InChI=1S/C29H31F5N2O2/c1-18(37)35-16-20(17-35)13-26(38)36-12-11-28(15-19-3-7-23(30)8-4-19)24-9-6-22(27(2,31)29(32,33)34)14-21(24)5-10-25(28)36/h3-4,6-9,14,20,25H,5,10-13,15-17H2,1-2H3/t25-,27?,28-/m1/s1. The molecule has 2 heterocycles. The van der Waals surface area contributed by atoms with Gasteiger partial charge in [0.05, 0.1) is 0 Å². The van der Waals surface area contributed by atoms with Crippen molar-refractivity contribution in [3.8, 4) is 0 Å². The van der Waals surface area contributed by atoms with Crippen LogP contribution in [0.2, 0.25) is 0 Å². The molecule has 0 saturated carbocycles. The number of carbonyl (C=O) groups is 2. The average Bonchev–Trinajstić information content (AvgIpc) is 3.20. The number of hydrogen-bond donors (Lipinski definition) is 0. The summed E-state index contributed by atoms with van der Waals surface area (Å²) >= 11 is 0. The molecule has 38 heavy (non-hydrogen) atoms. The molecule has 9 heteroatoms. The minimum absolute atomic E-state index is 0.00802. The summed E-state index contributed by atoms with van der Waals surface area (Å²) in [6.07, 6.45) is -2.64. The van der Waals surface area contributed by atoms with E-state index in [1.54, 1.807) is 23.1 Å². The van der Waals surface area contributed by atoms with Gasteiger partial charge < -0.3 is 9.80 Å². The van der Waals surface area contributed by atoms with Gasteiger partial charge in [-0.1, -0.05) is 30.3 Å². The third kappa shape index (κ3) is 4.47. The lowest BCUT2D eigenvalue weighted by molar-refractivity contribution is -0.228. The van der Waals surface area contributed by atoms with Gasteiger partial charge in [-0.2, -0.15) is 13.2 Å². The molecular weight excluding hydrogens is 503 g/mol. The van der Waals surface area contributed by atoms with E-state index in [4.69, 9.17) is 0 Å². The minimum atomic E-state index is -5.04. The van der Waals surface area contributed by atoms with Crippen molar-refractivity contribution < 1.29 is 31.5 Å². The Morgan fingerprint density at radius 2 is 1.74 bits per heavy atom. The van der Waals surface area contributed by atoms with E-state index in [1.165, 1.54) is 31.2 Å². The first kappa shape index (κ1) is 26.6. The van der Waals surface area contributed by atoms with Crippen molar-refractivity contribution in [1.29, 1.82) is 0 Å². The van der Waals surface area contributed by atoms with Gasteiger partial charge >= 0.3 is 6.18 Å². The van der Waals surface area contributed by atoms with E-state index in [2.05, 4.69) is 0 Å². The maximum atomic E-state index is 14.8.